The lowest BCUT2D eigenvalue weighted by molar-refractivity contribution is 0.497. The predicted molar refractivity (Wildman–Crippen MR) is 131 cm³/mol. The zero-order chi connectivity index (χ0) is 20.2. The monoisotopic (exact) mass is 402 g/mol. The molecule has 0 aliphatic heterocycles. The first-order chi connectivity index (χ1) is 14.4. The van der Waals surface area contributed by atoms with Gasteiger partial charge in [0.25, 0.3) is 0 Å². The number of benzene rings is 3. The molecule has 0 saturated carbocycles. The molecule has 1 unspecified atom stereocenters. The maximum Gasteiger partial charge on any atom is 0.0451 e. The van der Waals surface area contributed by atoms with E-state index in [-0.39, 0.29) is 5.41 Å². The van der Waals surface area contributed by atoms with Gasteiger partial charge in [-0.05, 0) is 35.7 Å². The van der Waals surface area contributed by atoms with Crippen LogP contribution in [0.25, 0.3) is 0 Å². The molecule has 0 saturated heterocycles. The van der Waals surface area contributed by atoms with E-state index in [4.69, 9.17) is 0 Å². The third-order valence-corrected chi connectivity index (χ3v) is 6.46. The summed E-state index contributed by atoms with van der Waals surface area (Å²) in [7, 11) is 2.84. The number of rotatable bonds is 12. The van der Waals surface area contributed by atoms with E-state index in [0.717, 1.165) is 6.42 Å². The number of unbranched alkanes of at least 4 members (excludes halogenated alkanes) is 6. The normalized spacial score (nSPS) is 11.5. The molecule has 1 atom stereocenters. The van der Waals surface area contributed by atoms with Crippen LogP contribution in [0.5, 0.6) is 0 Å². The molecule has 0 spiro atoms. The summed E-state index contributed by atoms with van der Waals surface area (Å²) in [5, 5.41) is 0. The molecule has 0 heterocycles. The van der Waals surface area contributed by atoms with Crippen LogP contribution in [-0.2, 0) is 5.41 Å². The second-order valence-electron chi connectivity index (χ2n) is 8.02. The summed E-state index contributed by atoms with van der Waals surface area (Å²) in [5.41, 5.74) is 4.12. The van der Waals surface area contributed by atoms with Crippen molar-refractivity contribution in [1.29, 1.82) is 0 Å². The van der Waals surface area contributed by atoms with Gasteiger partial charge in [0, 0.05) is 5.41 Å². The Labute approximate surface area is 180 Å². The van der Waals surface area contributed by atoms with Crippen LogP contribution in [0.3, 0.4) is 0 Å². The Bertz CT molecular complexity index is 699. The molecule has 0 aliphatic rings. The van der Waals surface area contributed by atoms with E-state index in [1.54, 1.807) is 0 Å². The molecule has 3 aromatic carbocycles. The van der Waals surface area contributed by atoms with Crippen LogP contribution in [0.4, 0.5) is 0 Å². The van der Waals surface area contributed by atoms with E-state index in [1.165, 1.54) is 67.8 Å². The van der Waals surface area contributed by atoms with Gasteiger partial charge in [0.05, 0.1) is 0 Å². The van der Waals surface area contributed by atoms with Crippen molar-refractivity contribution >= 4 is 9.24 Å². The first-order valence-corrected chi connectivity index (χ1v) is 12.1. The van der Waals surface area contributed by atoms with Gasteiger partial charge in [-0.25, -0.2) is 0 Å². The molecule has 3 rings (SSSR count). The van der Waals surface area contributed by atoms with Crippen LogP contribution >= 0.6 is 9.24 Å². The van der Waals surface area contributed by atoms with Gasteiger partial charge in [-0.1, -0.05) is 130 Å². The van der Waals surface area contributed by atoms with Crippen LogP contribution in [0.15, 0.2) is 91.0 Å². The lowest BCUT2D eigenvalue weighted by Gasteiger charge is -2.36. The Morgan fingerprint density at radius 2 is 0.793 bits per heavy atom. The van der Waals surface area contributed by atoms with Crippen molar-refractivity contribution in [3.8, 4) is 0 Å². The smallest absolute Gasteiger partial charge is 0.0451 e. The number of hydrogen-bond acceptors (Lipinski definition) is 0. The Morgan fingerprint density at radius 3 is 1.17 bits per heavy atom. The summed E-state index contributed by atoms with van der Waals surface area (Å²) in [6.45, 7) is 0. The van der Waals surface area contributed by atoms with Gasteiger partial charge in [0.15, 0.2) is 0 Å². The summed E-state index contributed by atoms with van der Waals surface area (Å²) >= 11 is 0. The molecule has 0 N–H and O–H groups in total. The van der Waals surface area contributed by atoms with E-state index in [0.29, 0.717) is 0 Å². The van der Waals surface area contributed by atoms with Crippen molar-refractivity contribution in [2.45, 2.75) is 56.8 Å². The summed E-state index contributed by atoms with van der Waals surface area (Å²) in [6, 6.07) is 33.3. The highest BCUT2D eigenvalue weighted by Crippen LogP contribution is 2.43. The summed E-state index contributed by atoms with van der Waals surface area (Å²) in [5.74, 6) is 0. The molecule has 1 heteroatoms. The molecule has 0 aliphatic carbocycles. The van der Waals surface area contributed by atoms with Crippen LogP contribution in [0.2, 0.25) is 0 Å². The van der Waals surface area contributed by atoms with Crippen molar-refractivity contribution in [1.82, 2.24) is 0 Å². The molecule has 0 nitrogen and oxygen atoms in total. The topological polar surface area (TPSA) is 0 Å². The first-order valence-electron chi connectivity index (χ1n) is 11.2. The summed E-state index contributed by atoms with van der Waals surface area (Å²) in [6.07, 6.45) is 11.8. The van der Waals surface area contributed by atoms with E-state index in [1.807, 2.05) is 0 Å². The Hall–Kier alpha value is -1.91. The van der Waals surface area contributed by atoms with Crippen LogP contribution in [0.1, 0.15) is 68.1 Å². The summed E-state index contributed by atoms with van der Waals surface area (Å²) < 4.78 is 0. The fourth-order valence-corrected chi connectivity index (χ4v) is 4.81. The van der Waals surface area contributed by atoms with Gasteiger partial charge >= 0.3 is 0 Å². The van der Waals surface area contributed by atoms with E-state index < -0.39 is 0 Å². The molecule has 0 amide bonds. The van der Waals surface area contributed by atoms with Crippen molar-refractivity contribution in [2.75, 3.05) is 6.16 Å². The van der Waals surface area contributed by atoms with Crippen molar-refractivity contribution in [3.05, 3.63) is 108 Å². The van der Waals surface area contributed by atoms with Gasteiger partial charge in [-0.15, -0.1) is 9.24 Å². The fraction of sp³-hybridized carbons (Fsp3) is 0.357. The standard InChI is InChI=1S/C28H35P/c29-24-16-5-3-1-2-4-15-23-28(25-17-9-6-10-18-25,26-19-11-7-12-20-26)27-21-13-8-14-22-27/h6-14,17-22H,1-5,15-16,23-24,29H2. The van der Waals surface area contributed by atoms with Gasteiger partial charge in [-0.3, -0.25) is 0 Å². The SMILES string of the molecule is PCCCCCCCCCC(c1ccccc1)(c1ccccc1)c1ccccc1. The molecular formula is C28H35P. The second-order valence-corrected chi connectivity index (χ2v) is 8.59. The zero-order valence-corrected chi connectivity index (χ0v) is 18.8. The third kappa shape index (κ3) is 5.80. The Kier molecular flexibility index (Phi) is 8.97. The molecule has 0 radical (unpaired) electrons. The lowest BCUT2D eigenvalue weighted by atomic mass is 9.66. The highest BCUT2D eigenvalue weighted by molar-refractivity contribution is 7.16. The van der Waals surface area contributed by atoms with Gasteiger partial charge in [0.2, 0.25) is 0 Å². The van der Waals surface area contributed by atoms with E-state index in [9.17, 15) is 0 Å². The second kappa shape index (κ2) is 11.9. The van der Waals surface area contributed by atoms with Gasteiger partial charge in [0.1, 0.15) is 0 Å². The van der Waals surface area contributed by atoms with Crippen LogP contribution in [0, 0.1) is 0 Å². The number of hydrogen-bond donors (Lipinski definition) is 0. The third-order valence-electron chi connectivity index (χ3n) is 6.06. The molecule has 29 heavy (non-hydrogen) atoms. The predicted octanol–water partition coefficient (Wildman–Crippen LogP) is 8.02. The highest BCUT2D eigenvalue weighted by Gasteiger charge is 2.35. The zero-order valence-electron chi connectivity index (χ0n) is 17.6. The fourth-order valence-electron chi connectivity index (χ4n) is 4.52. The van der Waals surface area contributed by atoms with Crippen molar-refractivity contribution < 1.29 is 0 Å². The lowest BCUT2D eigenvalue weighted by Crippen LogP contribution is -2.29. The van der Waals surface area contributed by atoms with Crippen LogP contribution < -0.4 is 0 Å². The molecule has 0 bridgehead atoms. The van der Waals surface area contributed by atoms with E-state index >= 15 is 0 Å². The largest absolute Gasteiger partial charge is 0.138 e. The average Bonchev–Trinajstić information content (AvgIpc) is 2.80. The Balaban J connectivity index is 1.83. The maximum atomic E-state index is 2.84. The summed E-state index contributed by atoms with van der Waals surface area (Å²) in [4.78, 5) is 0. The van der Waals surface area contributed by atoms with Crippen molar-refractivity contribution in [3.63, 3.8) is 0 Å². The molecule has 0 fully saturated rings. The molecule has 0 aromatic heterocycles. The molecule has 152 valence electrons. The average molecular weight is 403 g/mol. The minimum absolute atomic E-state index is 0.0801. The minimum Gasteiger partial charge on any atom is -0.138 e. The van der Waals surface area contributed by atoms with Crippen molar-refractivity contribution in [2.24, 2.45) is 0 Å². The minimum atomic E-state index is -0.0801. The first kappa shape index (κ1) is 21.8. The molecular weight excluding hydrogens is 367 g/mol. The highest BCUT2D eigenvalue weighted by atomic mass is 31.0. The maximum absolute atomic E-state index is 2.84. The molecule has 3 aromatic rings. The van der Waals surface area contributed by atoms with E-state index in [2.05, 4.69) is 100 Å². The van der Waals surface area contributed by atoms with Gasteiger partial charge in [-0.2, -0.15) is 0 Å². The van der Waals surface area contributed by atoms with Gasteiger partial charge < -0.3 is 0 Å². The quantitative estimate of drug-likeness (QED) is 0.163. The van der Waals surface area contributed by atoms with Crippen LogP contribution in [-0.4, -0.2) is 6.16 Å². The Morgan fingerprint density at radius 1 is 0.448 bits per heavy atom.